The summed E-state index contributed by atoms with van der Waals surface area (Å²) in [6.07, 6.45) is 0.945. The second-order valence-electron chi connectivity index (χ2n) is 15.7. The van der Waals surface area contributed by atoms with E-state index in [1.165, 1.54) is 102 Å². The fraction of sp³-hybridized carbons (Fsp3) is 0.0755. The van der Waals surface area contributed by atoms with Gasteiger partial charge in [0.25, 0.3) is 0 Å². The van der Waals surface area contributed by atoms with E-state index in [0.717, 1.165) is 17.9 Å². The first-order valence-electron chi connectivity index (χ1n) is 20.0. The van der Waals surface area contributed by atoms with Gasteiger partial charge in [-0.05, 0) is 70.3 Å². The Balaban J connectivity index is 1.18. The van der Waals surface area contributed by atoms with Crippen LogP contribution in [0.3, 0.4) is 0 Å². The molecule has 5 heterocycles. The highest BCUT2D eigenvalue weighted by molar-refractivity contribution is 7.20. The highest BCUT2D eigenvalue weighted by Gasteiger charge is 2.38. The van der Waals surface area contributed by atoms with Crippen molar-refractivity contribution >= 4 is 104 Å². The van der Waals surface area contributed by atoms with Crippen LogP contribution in [0.25, 0.3) is 91.9 Å². The maximum absolute atomic E-state index is 5.90. The van der Waals surface area contributed by atoms with E-state index in [2.05, 4.69) is 186 Å². The zero-order valence-corrected chi connectivity index (χ0v) is 32.1. The molecule has 0 bridgehead atoms. The number of hydrogen-bond acceptors (Lipinski definition) is 2. The number of thiophene rings is 1. The van der Waals surface area contributed by atoms with Gasteiger partial charge in [0.05, 0.1) is 33.3 Å². The normalized spacial score (nSPS) is 16.0. The molecular weight excluding hydrogens is 711 g/mol. The van der Waals surface area contributed by atoms with Crippen molar-refractivity contribution in [2.24, 2.45) is 10.9 Å². The number of nitrogens with zero attached hydrogens (tertiary/aromatic N) is 3. The zero-order valence-electron chi connectivity index (χ0n) is 31.3. The number of para-hydroxylation sites is 2. The Morgan fingerprint density at radius 1 is 0.526 bits per heavy atom. The highest BCUT2D eigenvalue weighted by Crippen LogP contribution is 2.53. The van der Waals surface area contributed by atoms with Gasteiger partial charge in [0.2, 0.25) is 0 Å². The number of hydrogen-bond donors (Lipinski definition) is 0. The molecule has 1 aliphatic heterocycles. The molecule has 57 heavy (non-hydrogen) atoms. The van der Waals surface area contributed by atoms with Crippen molar-refractivity contribution in [2.45, 2.75) is 19.3 Å². The molecule has 1 unspecified atom stereocenters. The summed E-state index contributed by atoms with van der Waals surface area (Å²) in [5.41, 5.74) is 11.2. The predicted octanol–water partition coefficient (Wildman–Crippen LogP) is 14.7. The van der Waals surface area contributed by atoms with Crippen LogP contribution in [-0.4, -0.2) is 14.8 Å². The number of aliphatic imine (C=N–C) groups is 1. The van der Waals surface area contributed by atoms with Crippen LogP contribution >= 0.6 is 11.3 Å². The average Bonchev–Trinajstić information content (AvgIpc) is 4.00. The van der Waals surface area contributed by atoms with E-state index in [0.29, 0.717) is 0 Å². The molecule has 13 rings (SSSR count). The molecule has 4 heteroatoms. The van der Waals surface area contributed by atoms with Crippen LogP contribution in [0.1, 0.15) is 29.7 Å². The van der Waals surface area contributed by atoms with Crippen molar-refractivity contribution in [1.29, 1.82) is 0 Å². The third kappa shape index (κ3) is 4.23. The summed E-state index contributed by atoms with van der Waals surface area (Å²) in [4.78, 5) is 7.27. The van der Waals surface area contributed by atoms with Crippen LogP contribution in [0.15, 0.2) is 175 Å². The number of benzene rings is 8. The molecule has 8 aromatic carbocycles. The first kappa shape index (κ1) is 31.5. The minimum Gasteiger partial charge on any atom is -0.308 e. The average molecular weight is 746 g/mol. The second-order valence-corrected chi connectivity index (χ2v) is 16.8. The van der Waals surface area contributed by atoms with Crippen LogP contribution in [0.5, 0.6) is 0 Å². The first-order valence-corrected chi connectivity index (χ1v) is 20.9. The molecule has 0 saturated carbocycles. The van der Waals surface area contributed by atoms with E-state index < -0.39 is 0 Å². The zero-order chi connectivity index (χ0) is 37.4. The molecular formula is C53H35N3S. The van der Waals surface area contributed by atoms with Gasteiger partial charge in [-0.3, -0.25) is 4.57 Å². The third-order valence-electron chi connectivity index (χ3n) is 12.8. The van der Waals surface area contributed by atoms with Crippen molar-refractivity contribution in [3.8, 4) is 11.1 Å². The predicted molar refractivity (Wildman–Crippen MR) is 243 cm³/mol. The molecule has 0 aliphatic carbocycles. The fourth-order valence-corrected chi connectivity index (χ4v) is 11.7. The lowest BCUT2D eigenvalue weighted by molar-refractivity contribution is 0.573. The van der Waals surface area contributed by atoms with Gasteiger partial charge in [-0.2, -0.15) is 0 Å². The van der Waals surface area contributed by atoms with Gasteiger partial charge in [0, 0.05) is 59.1 Å². The van der Waals surface area contributed by atoms with Crippen molar-refractivity contribution in [3.05, 3.63) is 180 Å². The van der Waals surface area contributed by atoms with Crippen molar-refractivity contribution in [2.75, 3.05) is 0 Å². The molecule has 0 saturated heterocycles. The van der Waals surface area contributed by atoms with Gasteiger partial charge in [-0.1, -0.05) is 140 Å². The highest BCUT2D eigenvalue weighted by atomic mass is 32.1. The summed E-state index contributed by atoms with van der Waals surface area (Å²) in [6.45, 7) is 2.36. The van der Waals surface area contributed by atoms with Crippen LogP contribution in [-0.2, 0) is 0 Å². The van der Waals surface area contributed by atoms with Crippen LogP contribution in [0, 0.1) is 5.92 Å². The monoisotopic (exact) mass is 745 g/mol. The largest absolute Gasteiger partial charge is 0.308 e. The molecule has 2 atom stereocenters. The Hall–Kier alpha value is -6.75. The lowest BCUT2D eigenvalue weighted by atomic mass is 9.79. The van der Waals surface area contributed by atoms with Gasteiger partial charge < -0.3 is 4.40 Å². The minimum atomic E-state index is 0.129. The van der Waals surface area contributed by atoms with E-state index in [4.69, 9.17) is 4.99 Å². The van der Waals surface area contributed by atoms with Gasteiger partial charge in [0.1, 0.15) is 5.84 Å². The van der Waals surface area contributed by atoms with Gasteiger partial charge >= 0.3 is 0 Å². The molecule has 0 amide bonds. The lowest BCUT2D eigenvalue weighted by Crippen LogP contribution is -2.30. The van der Waals surface area contributed by atoms with E-state index in [1.54, 1.807) is 0 Å². The number of rotatable bonds is 3. The lowest BCUT2D eigenvalue weighted by Gasteiger charge is -2.33. The Morgan fingerprint density at radius 3 is 1.95 bits per heavy atom. The standard InChI is InChI=1S/C53H35N3S/c1-2-36-47(33-26-24-32(25-27-33)31-14-4-3-5-15-31)52-49(39-20-10-13-23-46(39)57-52)54-53(36)56-45-29-35-17-7-6-16-34(35)28-40(45)42-30-41-37-18-8-11-21-43(37)55-44-22-12-9-19-38(44)48(50(41)55)51(42)56/h3-30,36,47H,2H2,1H3/t36-,47?/m0/s1. The fourth-order valence-electron chi connectivity index (χ4n) is 10.4. The molecule has 0 radical (unpaired) electrons. The Kier molecular flexibility index (Phi) is 6.42. The maximum atomic E-state index is 5.90. The van der Waals surface area contributed by atoms with Crippen molar-refractivity contribution in [1.82, 2.24) is 8.97 Å². The third-order valence-corrected chi connectivity index (χ3v) is 14.1. The molecule has 0 N–H and O–H groups in total. The molecule has 268 valence electrons. The van der Waals surface area contributed by atoms with Gasteiger partial charge in [-0.25, -0.2) is 4.99 Å². The van der Waals surface area contributed by atoms with E-state index in [-0.39, 0.29) is 11.8 Å². The molecule has 0 spiro atoms. The molecule has 1 aliphatic rings. The van der Waals surface area contributed by atoms with Crippen molar-refractivity contribution in [3.63, 3.8) is 0 Å². The molecule has 3 nitrogen and oxygen atoms in total. The second kappa shape index (κ2) is 11.6. The van der Waals surface area contributed by atoms with Crippen LogP contribution < -0.4 is 0 Å². The first-order chi connectivity index (χ1) is 28.2. The van der Waals surface area contributed by atoms with Crippen LogP contribution in [0.4, 0.5) is 5.69 Å². The van der Waals surface area contributed by atoms with Crippen molar-refractivity contribution < 1.29 is 0 Å². The van der Waals surface area contributed by atoms with E-state index >= 15 is 0 Å². The topological polar surface area (TPSA) is 21.7 Å². The Morgan fingerprint density at radius 2 is 1.16 bits per heavy atom. The molecule has 0 fully saturated rings. The minimum absolute atomic E-state index is 0.129. The SMILES string of the molecule is CC[C@@H]1C(n2c3cc4ccccc4cc3c3cc4c5ccccc5n5c6ccccc6c(c32)c45)=Nc2c(sc3ccccc23)C1c1ccc(-c2ccccc2)cc1. The summed E-state index contributed by atoms with van der Waals surface area (Å²) in [7, 11) is 0. The van der Waals surface area contributed by atoms with E-state index in [1.807, 2.05) is 11.3 Å². The Bertz CT molecular complexity index is 3620. The number of aromatic nitrogens is 2. The summed E-state index contributed by atoms with van der Waals surface area (Å²) in [5, 5.41) is 11.5. The molecule has 4 aromatic heterocycles. The number of fused-ring (bicyclic) bond motifs is 14. The van der Waals surface area contributed by atoms with E-state index in [9.17, 15) is 0 Å². The molecule has 12 aromatic rings. The summed E-state index contributed by atoms with van der Waals surface area (Å²) >= 11 is 1.92. The van der Waals surface area contributed by atoms with Crippen LogP contribution in [0.2, 0.25) is 0 Å². The quantitative estimate of drug-likeness (QED) is 0.172. The summed E-state index contributed by atoms with van der Waals surface area (Å²) < 4.78 is 6.40. The van der Waals surface area contributed by atoms with Gasteiger partial charge in [0.15, 0.2) is 0 Å². The summed E-state index contributed by atoms with van der Waals surface area (Å²) in [6, 6.07) is 63.1. The smallest absolute Gasteiger partial charge is 0.118 e. The Labute approximate surface area is 332 Å². The van der Waals surface area contributed by atoms with Gasteiger partial charge in [-0.15, -0.1) is 11.3 Å². The maximum Gasteiger partial charge on any atom is 0.118 e. The summed E-state index contributed by atoms with van der Waals surface area (Å²) in [5.74, 6) is 1.40.